The first-order valence-electron chi connectivity index (χ1n) is 8.06. The summed E-state index contributed by atoms with van der Waals surface area (Å²) < 4.78 is 24.6. The zero-order valence-corrected chi connectivity index (χ0v) is 11.4. The second-order valence-corrected chi connectivity index (χ2v) is 5.08. The van der Waals surface area contributed by atoms with E-state index >= 15 is 0 Å². The SMILES string of the molecule is [2H]c1c([2H])c(N)c2c(=O)n([C@@H]3CCC(=O)CC3=O)c(C)nc2c1[2H]. The van der Waals surface area contributed by atoms with Gasteiger partial charge in [-0.15, -0.1) is 0 Å². The highest BCUT2D eigenvalue weighted by Gasteiger charge is 2.30. The Kier molecular flexibility index (Phi) is 2.35. The van der Waals surface area contributed by atoms with Crippen molar-refractivity contribution in [2.75, 3.05) is 5.73 Å². The van der Waals surface area contributed by atoms with E-state index < -0.39 is 23.7 Å². The second-order valence-electron chi connectivity index (χ2n) is 5.08. The van der Waals surface area contributed by atoms with E-state index in [9.17, 15) is 14.4 Å². The van der Waals surface area contributed by atoms with Crippen molar-refractivity contribution in [3.05, 3.63) is 34.3 Å². The van der Waals surface area contributed by atoms with Crippen LogP contribution in [0.4, 0.5) is 5.69 Å². The smallest absolute Gasteiger partial charge is 0.264 e. The van der Waals surface area contributed by atoms with E-state index in [0.29, 0.717) is 0 Å². The van der Waals surface area contributed by atoms with Gasteiger partial charge in [-0.2, -0.15) is 0 Å². The summed E-state index contributed by atoms with van der Waals surface area (Å²) in [5, 5.41) is -0.128. The average Bonchev–Trinajstić information content (AvgIpc) is 2.52. The van der Waals surface area contributed by atoms with Gasteiger partial charge in [-0.05, 0) is 25.4 Å². The van der Waals surface area contributed by atoms with E-state index in [1.165, 1.54) is 11.5 Å². The standard InChI is InChI=1S/C15H15N3O3/c1-8-17-11-4-2-3-10(16)14(11)15(21)18(8)12-6-5-9(19)7-13(12)20/h2-4,12H,5-7,16H2,1H3/t12-/m1/s1/i2D,3D,4D. The summed E-state index contributed by atoms with van der Waals surface area (Å²) in [6.07, 6.45) is 0.196. The maximum atomic E-state index is 12.9. The van der Waals surface area contributed by atoms with Crippen LogP contribution >= 0.6 is 0 Å². The van der Waals surface area contributed by atoms with E-state index in [2.05, 4.69) is 4.98 Å². The fraction of sp³-hybridized carbons (Fsp3) is 0.333. The van der Waals surface area contributed by atoms with Crippen molar-refractivity contribution in [1.29, 1.82) is 0 Å². The molecule has 1 fully saturated rings. The normalized spacial score (nSPS) is 21.2. The van der Waals surface area contributed by atoms with Gasteiger partial charge < -0.3 is 5.73 Å². The van der Waals surface area contributed by atoms with Crippen LogP contribution < -0.4 is 11.3 Å². The first-order chi connectivity index (χ1) is 11.2. The first-order valence-corrected chi connectivity index (χ1v) is 6.56. The number of carbonyl (C=O) groups excluding carboxylic acids is 2. The molecule has 0 spiro atoms. The van der Waals surface area contributed by atoms with Crippen LogP contribution in [0.3, 0.4) is 0 Å². The van der Waals surface area contributed by atoms with E-state index in [-0.39, 0.29) is 59.3 Å². The largest absolute Gasteiger partial charge is 0.398 e. The summed E-state index contributed by atoms with van der Waals surface area (Å²) in [6.45, 7) is 1.53. The molecule has 6 heteroatoms. The number of hydrogen-bond donors (Lipinski definition) is 1. The lowest BCUT2D eigenvalue weighted by molar-refractivity contribution is -0.132. The summed E-state index contributed by atoms with van der Waals surface area (Å²) in [7, 11) is 0. The number of ketones is 2. The van der Waals surface area contributed by atoms with Crippen LogP contribution in [0.5, 0.6) is 0 Å². The molecule has 1 aromatic heterocycles. The maximum Gasteiger partial charge on any atom is 0.264 e. The molecule has 0 aliphatic heterocycles. The summed E-state index contributed by atoms with van der Waals surface area (Å²) in [5.74, 6) is -0.299. The molecule has 0 bridgehead atoms. The summed E-state index contributed by atoms with van der Waals surface area (Å²) >= 11 is 0. The molecule has 1 aliphatic rings. The molecule has 0 saturated heterocycles. The molecular formula is C15H15N3O3. The summed E-state index contributed by atoms with van der Waals surface area (Å²) in [4.78, 5) is 40.6. The van der Waals surface area contributed by atoms with E-state index in [1.54, 1.807) is 0 Å². The molecule has 6 nitrogen and oxygen atoms in total. The summed E-state index contributed by atoms with van der Waals surface area (Å²) in [6, 6.07) is -1.96. The van der Waals surface area contributed by atoms with Crippen molar-refractivity contribution in [1.82, 2.24) is 9.55 Å². The van der Waals surface area contributed by atoms with Gasteiger partial charge in [0.1, 0.15) is 11.6 Å². The highest BCUT2D eigenvalue weighted by Crippen LogP contribution is 2.24. The third kappa shape index (κ3) is 2.12. The highest BCUT2D eigenvalue weighted by atomic mass is 16.2. The minimum atomic E-state index is -0.800. The zero-order chi connectivity index (χ0) is 17.8. The first kappa shape index (κ1) is 10.3. The highest BCUT2D eigenvalue weighted by molar-refractivity contribution is 6.03. The van der Waals surface area contributed by atoms with Crippen molar-refractivity contribution in [3.63, 3.8) is 0 Å². The molecule has 2 aromatic rings. The van der Waals surface area contributed by atoms with Crippen molar-refractivity contribution in [2.45, 2.75) is 32.2 Å². The zero-order valence-electron chi connectivity index (χ0n) is 14.4. The number of aryl methyl sites for hydroxylation is 1. The fourth-order valence-electron chi connectivity index (χ4n) is 2.69. The predicted molar refractivity (Wildman–Crippen MR) is 78.1 cm³/mol. The number of Topliss-reactive ketones (excluding diaryl/α,β-unsaturated/α-hetero) is 2. The molecule has 1 aromatic carbocycles. The summed E-state index contributed by atoms with van der Waals surface area (Å²) in [5.41, 5.74) is 4.92. The Morgan fingerprint density at radius 2 is 2.14 bits per heavy atom. The number of benzene rings is 1. The minimum Gasteiger partial charge on any atom is -0.398 e. The van der Waals surface area contributed by atoms with Crippen LogP contribution in [-0.4, -0.2) is 21.1 Å². The van der Waals surface area contributed by atoms with Crippen LogP contribution in [0.2, 0.25) is 0 Å². The molecule has 1 aliphatic carbocycles. The number of anilines is 1. The van der Waals surface area contributed by atoms with Crippen LogP contribution in [0, 0.1) is 6.92 Å². The van der Waals surface area contributed by atoms with Crippen molar-refractivity contribution in [3.8, 4) is 0 Å². The Balaban J connectivity index is 2.34. The van der Waals surface area contributed by atoms with Gasteiger partial charge in [0, 0.05) is 12.1 Å². The van der Waals surface area contributed by atoms with Gasteiger partial charge in [-0.25, -0.2) is 4.98 Å². The van der Waals surface area contributed by atoms with Gasteiger partial charge in [0.05, 0.1) is 27.5 Å². The molecule has 2 N–H and O–H groups in total. The average molecular weight is 288 g/mol. The number of fused-ring (bicyclic) bond motifs is 1. The van der Waals surface area contributed by atoms with Crippen LogP contribution in [-0.2, 0) is 9.59 Å². The molecule has 21 heavy (non-hydrogen) atoms. The fourth-order valence-corrected chi connectivity index (χ4v) is 2.69. The number of rotatable bonds is 1. The quantitative estimate of drug-likeness (QED) is 0.627. The Bertz CT molecular complexity index is 968. The van der Waals surface area contributed by atoms with E-state index in [0.717, 1.165) is 0 Å². The van der Waals surface area contributed by atoms with Crippen molar-refractivity contribution < 1.29 is 13.7 Å². The second kappa shape index (κ2) is 4.80. The van der Waals surface area contributed by atoms with E-state index in [1.807, 2.05) is 0 Å². The predicted octanol–water partition coefficient (Wildman–Crippen LogP) is 1.15. The van der Waals surface area contributed by atoms with Gasteiger partial charge in [0.25, 0.3) is 5.56 Å². The van der Waals surface area contributed by atoms with Gasteiger partial charge >= 0.3 is 0 Å². The van der Waals surface area contributed by atoms with Gasteiger partial charge in [-0.3, -0.25) is 19.0 Å². The Hall–Kier alpha value is -2.50. The monoisotopic (exact) mass is 288 g/mol. The molecule has 1 atom stereocenters. The third-order valence-electron chi connectivity index (χ3n) is 3.69. The lowest BCUT2D eigenvalue weighted by Crippen LogP contribution is -2.36. The molecule has 0 unspecified atom stereocenters. The van der Waals surface area contributed by atoms with Gasteiger partial charge in [0.2, 0.25) is 0 Å². The topological polar surface area (TPSA) is 95.0 Å². The minimum absolute atomic E-state index is 0.0495. The number of carbonyl (C=O) groups is 2. The molecule has 1 heterocycles. The van der Waals surface area contributed by atoms with Gasteiger partial charge in [0.15, 0.2) is 5.78 Å². The van der Waals surface area contributed by atoms with Crippen molar-refractivity contribution in [2.24, 2.45) is 0 Å². The molecule has 0 amide bonds. The lowest BCUT2D eigenvalue weighted by atomic mass is 9.92. The third-order valence-corrected chi connectivity index (χ3v) is 3.69. The van der Waals surface area contributed by atoms with Crippen molar-refractivity contribution >= 4 is 28.2 Å². The van der Waals surface area contributed by atoms with Gasteiger partial charge in [-0.1, -0.05) is 6.04 Å². The maximum absolute atomic E-state index is 12.9. The molecule has 0 radical (unpaired) electrons. The number of nitrogens with zero attached hydrogens (tertiary/aromatic N) is 2. The number of nitrogens with two attached hydrogens (primary N) is 1. The number of nitrogen functional groups attached to an aromatic ring is 1. The number of hydrogen-bond acceptors (Lipinski definition) is 5. The van der Waals surface area contributed by atoms with Crippen LogP contribution in [0.15, 0.2) is 22.9 Å². The van der Waals surface area contributed by atoms with Crippen LogP contribution in [0.1, 0.15) is 35.2 Å². The molecule has 1 saturated carbocycles. The Morgan fingerprint density at radius 3 is 2.86 bits per heavy atom. The lowest BCUT2D eigenvalue weighted by Gasteiger charge is -2.24. The van der Waals surface area contributed by atoms with E-state index in [4.69, 9.17) is 9.85 Å². The molecule has 108 valence electrons. The van der Waals surface area contributed by atoms with Crippen LogP contribution in [0.25, 0.3) is 10.9 Å². The number of aromatic nitrogens is 2. The molecule has 3 rings (SSSR count). The molecular weight excluding hydrogens is 270 g/mol. The Morgan fingerprint density at radius 1 is 1.38 bits per heavy atom. The Labute approximate surface area is 124 Å².